The molecule has 1 N–H and O–H groups in total. The molecule has 0 amide bonds. The fraction of sp³-hybridized carbons (Fsp3) is 0.316. The molecule has 0 aliphatic carbocycles. The maximum atomic E-state index is 11.0. The van der Waals surface area contributed by atoms with Crippen LogP contribution in [-0.2, 0) is 4.79 Å². The second kappa shape index (κ2) is 7.73. The summed E-state index contributed by atoms with van der Waals surface area (Å²) < 4.78 is 16.4. The van der Waals surface area contributed by atoms with E-state index in [1.165, 1.54) is 0 Å². The van der Waals surface area contributed by atoms with Crippen molar-refractivity contribution in [3.05, 3.63) is 42.0 Å². The molecule has 2 aromatic carbocycles. The number of aliphatic carboxylic acids is 1. The van der Waals surface area contributed by atoms with Gasteiger partial charge < -0.3 is 19.3 Å². The Morgan fingerprint density at radius 1 is 1.00 bits per heavy atom. The number of para-hydroxylation sites is 1. The normalized spacial score (nSPS) is 11.7. The van der Waals surface area contributed by atoms with Crippen LogP contribution in [0.25, 0.3) is 11.1 Å². The minimum absolute atomic E-state index is 0.0425. The van der Waals surface area contributed by atoms with Crippen LogP contribution < -0.4 is 14.2 Å². The third kappa shape index (κ3) is 3.62. The first-order valence-electron chi connectivity index (χ1n) is 7.62. The highest BCUT2D eigenvalue weighted by atomic mass is 16.5. The van der Waals surface area contributed by atoms with Gasteiger partial charge in [-0.15, -0.1) is 0 Å². The summed E-state index contributed by atoms with van der Waals surface area (Å²) in [4.78, 5) is 11.0. The SMILES string of the molecule is COc1ccccc1-c1cc(C(C)CC(=O)O)cc(OC)c1OC. The van der Waals surface area contributed by atoms with Crippen molar-refractivity contribution >= 4 is 5.97 Å². The fourth-order valence-electron chi connectivity index (χ4n) is 2.72. The number of hydrogen-bond donors (Lipinski definition) is 1. The minimum atomic E-state index is -0.837. The molecule has 0 bridgehead atoms. The summed E-state index contributed by atoms with van der Waals surface area (Å²) in [6.07, 6.45) is 0.0425. The molecule has 128 valence electrons. The number of rotatable bonds is 7. The molecule has 0 aromatic heterocycles. The van der Waals surface area contributed by atoms with Crippen molar-refractivity contribution in [2.75, 3.05) is 21.3 Å². The first kappa shape index (κ1) is 17.7. The van der Waals surface area contributed by atoms with Gasteiger partial charge in [-0.3, -0.25) is 4.79 Å². The molecular formula is C19H22O5. The van der Waals surface area contributed by atoms with E-state index in [1.54, 1.807) is 21.3 Å². The molecule has 2 rings (SSSR count). The van der Waals surface area contributed by atoms with E-state index in [-0.39, 0.29) is 12.3 Å². The molecule has 0 fully saturated rings. The molecule has 0 aliphatic heterocycles. The van der Waals surface area contributed by atoms with Gasteiger partial charge in [0.2, 0.25) is 0 Å². The molecule has 5 nitrogen and oxygen atoms in total. The van der Waals surface area contributed by atoms with Crippen molar-refractivity contribution in [2.45, 2.75) is 19.3 Å². The van der Waals surface area contributed by atoms with Crippen LogP contribution in [0.15, 0.2) is 36.4 Å². The zero-order valence-corrected chi connectivity index (χ0v) is 14.3. The lowest BCUT2D eigenvalue weighted by Gasteiger charge is -2.19. The molecule has 0 spiro atoms. The maximum absolute atomic E-state index is 11.0. The summed E-state index contributed by atoms with van der Waals surface area (Å²) in [7, 11) is 4.76. The Morgan fingerprint density at radius 3 is 2.25 bits per heavy atom. The van der Waals surface area contributed by atoms with Gasteiger partial charge in [-0.1, -0.05) is 25.1 Å². The van der Waals surface area contributed by atoms with Crippen molar-refractivity contribution in [1.29, 1.82) is 0 Å². The van der Waals surface area contributed by atoms with Crippen LogP contribution >= 0.6 is 0 Å². The van der Waals surface area contributed by atoms with Gasteiger partial charge in [0.1, 0.15) is 5.75 Å². The number of carboxylic acid groups (broad SMARTS) is 1. The van der Waals surface area contributed by atoms with E-state index >= 15 is 0 Å². The zero-order chi connectivity index (χ0) is 17.7. The van der Waals surface area contributed by atoms with Crippen LogP contribution in [0, 0.1) is 0 Å². The average Bonchev–Trinajstić information content (AvgIpc) is 2.59. The Hall–Kier alpha value is -2.69. The van der Waals surface area contributed by atoms with Crippen LogP contribution in [0.2, 0.25) is 0 Å². The van der Waals surface area contributed by atoms with Crippen LogP contribution in [-0.4, -0.2) is 32.4 Å². The van der Waals surface area contributed by atoms with Gasteiger partial charge in [-0.2, -0.15) is 0 Å². The van der Waals surface area contributed by atoms with Crippen LogP contribution in [0.4, 0.5) is 0 Å². The van der Waals surface area contributed by atoms with Crippen LogP contribution in [0.5, 0.6) is 17.2 Å². The molecule has 1 atom stereocenters. The standard InChI is InChI=1S/C19H22O5/c1-12(9-18(20)21)13-10-15(19(24-4)17(11-13)23-3)14-7-5-6-8-16(14)22-2/h5-8,10-12H,9H2,1-4H3,(H,20,21). The van der Waals surface area contributed by atoms with Crippen LogP contribution in [0.1, 0.15) is 24.8 Å². The van der Waals surface area contributed by atoms with E-state index in [1.807, 2.05) is 43.3 Å². The van der Waals surface area contributed by atoms with Crippen LogP contribution in [0.3, 0.4) is 0 Å². The van der Waals surface area contributed by atoms with Gasteiger partial charge in [-0.25, -0.2) is 0 Å². The predicted molar refractivity (Wildman–Crippen MR) is 92.2 cm³/mol. The number of benzene rings is 2. The van der Waals surface area contributed by atoms with Gasteiger partial charge in [0.15, 0.2) is 11.5 Å². The molecule has 0 aliphatic rings. The summed E-state index contributed by atoms with van der Waals surface area (Å²) in [6.45, 7) is 1.88. The third-order valence-electron chi connectivity index (χ3n) is 3.95. The maximum Gasteiger partial charge on any atom is 0.303 e. The Morgan fingerprint density at radius 2 is 1.67 bits per heavy atom. The van der Waals surface area contributed by atoms with Crippen molar-refractivity contribution in [2.24, 2.45) is 0 Å². The molecule has 0 saturated carbocycles. The monoisotopic (exact) mass is 330 g/mol. The van der Waals surface area contributed by atoms with Crippen molar-refractivity contribution in [3.63, 3.8) is 0 Å². The number of methoxy groups -OCH3 is 3. The van der Waals surface area contributed by atoms with Crippen molar-refractivity contribution < 1.29 is 24.1 Å². The first-order valence-corrected chi connectivity index (χ1v) is 7.62. The lowest BCUT2D eigenvalue weighted by atomic mass is 9.92. The van der Waals surface area contributed by atoms with E-state index in [0.29, 0.717) is 17.2 Å². The van der Waals surface area contributed by atoms with Gasteiger partial charge in [-0.05, 0) is 29.7 Å². The van der Waals surface area contributed by atoms with Crippen molar-refractivity contribution in [1.82, 2.24) is 0 Å². The second-order valence-corrected chi connectivity index (χ2v) is 5.50. The first-order chi connectivity index (χ1) is 11.5. The molecule has 0 radical (unpaired) electrons. The van der Waals surface area contributed by atoms with Gasteiger partial charge in [0.05, 0.1) is 27.8 Å². The number of carboxylic acids is 1. The van der Waals surface area contributed by atoms with E-state index in [0.717, 1.165) is 16.7 Å². The molecule has 1 unspecified atom stereocenters. The van der Waals surface area contributed by atoms with E-state index in [2.05, 4.69) is 0 Å². The lowest BCUT2D eigenvalue weighted by Crippen LogP contribution is -2.04. The predicted octanol–water partition coefficient (Wildman–Crippen LogP) is 3.96. The summed E-state index contributed by atoms with van der Waals surface area (Å²) in [6, 6.07) is 11.4. The molecule has 2 aromatic rings. The van der Waals surface area contributed by atoms with Gasteiger partial charge in [0.25, 0.3) is 0 Å². The Balaban J connectivity index is 2.66. The quantitative estimate of drug-likeness (QED) is 0.832. The van der Waals surface area contributed by atoms with E-state index < -0.39 is 5.97 Å². The van der Waals surface area contributed by atoms with E-state index in [4.69, 9.17) is 19.3 Å². The third-order valence-corrected chi connectivity index (χ3v) is 3.95. The Bertz CT molecular complexity index is 724. The highest BCUT2D eigenvalue weighted by Gasteiger charge is 2.20. The summed E-state index contributed by atoms with van der Waals surface area (Å²) in [5, 5.41) is 9.07. The zero-order valence-electron chi connectivity index (χ0n) is 14.3. The molecule has 0 heterocycles. The summed E-state index contributed by atoms with van der Waals surface area (Å²) >= 11 is 0. The second-order valence-electron chi connectivity index (χ2n) is 5.50. The molecule has 0 saturated heterocycles. The topological polar surface area (TPSA) is 65.0 Å². The Kier molecular flexibility index (Phi) is 5.68. The fourth-order valence-corrected chi connectivity index (χ4v) is 2.72. The van der Waals surface area contributed by atoms with Crippen molar-refractivity contribution in [3.8, 4) is 28.4 Å². The minimum Gasteiger partial charge on any atom is -0.496 e. The molecule has 24 heavy (non-hydrogen) atoms. The molecular weight excluding hydrogens is 308 g/mol. The molecule has 5 heteroatoms. The Labute approximate surface area is 141 Å². The smallest absolute Gasteiger partial charge is 0.303 e. The van der Waals surface area contributed by atoms with Gasteiger partial charge in [0, 0.05) is 11.1 Å². The average molecular weight is 330 g/mol. The summed E-state index contributed by atoms with van der Waals surface area (Å²) in [5.41, 5.74) is 2.54. The lowest BCUT2D eigenvalue weighted by molar-refractivity contribution is -0.137. The number of hydrogen-bond acceptors (Lipinski definition) is 4. The van der Waals surface area contributed by atoms with Gasteiger partial charge >= 0.3 is 5.97 Å². The number of carbonyl (C=O) groups is 1. The highest BCUT2D eigenvalue weighted by Crippen LogP contribution is 2.44. The summed E-state index contributed by atoms with van der Waals surface area (Å²) in [5.74, 6) is 0.870. The highest BCUT2D eigenvalue weighted by molar-refractivity contribution is 5.79. The van der Waals surface area contributed by atoms with E-state index in [9.17, 15) is 4.79 Å². The number of ether oxygens (including phenoxy) is 3. The largest absolute Gasteiger partial charge is 0.496 e.